The quantitative estimate of drug-likeness (QED) is 0.677. The van der Waals surface area contributed by atoms with Crippen molar-refractivity contribution in [2.24, 2.45) is 5.73 Å². The molecule has 6 nitrogen and oxygen atoms in total. The van der Waals surface area contributed by atoms with Gasteiger partial charge in [0, 0.05) is 31.0 Å². The standard InChI is InChI=1S/C14H25N5O/c1-5-6-16-12-8-13(17-10(4)7-11(15)20)19-14(18-12)9(2)3/h8-10H,5-7H2,1-4H3,(H2,15,20)(H2,16,17,18,19). The van der Waals surface area contributed by atoms with Crippen molar-refractivity contribution < 1.29 is 4.79 Å². The molecule has 6 heteroatoms. The predicted molar refractivity (Wildman–Crippen MR) is 81.8 cm³/mol. The van der Waals surface area contributed by atoms with E-state index in [4.69, 9.17) is 5.73 Å². The molecule has 1 amide bonds. The molecule has 0 aliphatic rings. The molecule has 0 radical (unpaired) electrons. The third-order valence-electron chi connectivity index (χ3n) is 2.72. The second kappa shape index (κ2) is 7.67. The van der Waals surface area contributed by atoms with Crippen LogP contribution >= 0.6 is 0 Å². The van der Waals surface area contributed by atoms with Crippen molar-refractivity contribution in [2.75, 3.05) is 17.2 Å². The van der Waals surface area contributed by atoms with Crippen LogP contribution in [0.1, 0.15) is 52.3 Å². The van der Waals surface area contributed by atoms with Crippen molar-refractivity contribution in [2.45, 2.75) is 52.5 Å². The van der Waals surface area contributed by atoms with Crippen LogP contribution in [0.5, 0.6) is 0 Å². The number of amides is 1. The molecular weight excluding hydrogens is 254 g/mol. The van der Waals surface area contributed by atoms with Crippen LogP contribution in [0.3, 0.4) is 0 Å². The predicted octanol–water partition coefficient (Wildman–Crippen LogP) is 2.10. The molecule has 1 aromatic heterocycles. The van der Waals surface area contributed by atoms with Gasteiger partial charge in [0.2, 0.25) is 5.91 Å². The highest BCUT2D eigenvalue weighted by Crippen LogP contribution is 2.18. The molecule has 1 rings (SSSR count). The van der Waals surface area contributed by atoms with Crippen molar-refractivity contribution in [1.29, 1.82) is 0 Å². The number of primary amides is 1. The molecule has 4 N–H and O–H groups in total. The van der Waals surface area contributed by atoms with Gasteiger partial charge in [0.1, 0.15) is 17.5 Å². The van der Waals surface area contributed by atoms with Gasteiger partial charge in [0.05, 0.1) is 0 Å². The first-order chi connectivity index (χ1) is 9.42. The highest BCUT2D eigenvalue weighted by Gasteiger charge is 2.11. The van der Waals surface area contributed by atoms with Crippen molar-refractivity contribution in [3.8, 4) is 0 Å². The van der Waals surface area contributed by atoms with Gasteiger partial charge < -0.3 is 16.4 Å². The Balaban J connectivity index is 2.87. The number of carbonyl (C=O) groups excluding carboxylic acids is 1. The van der Waals surface area contributed by atoms with E-state index in [1.165, 1.54) is 0 Å². The zero-order valence-electron chi connectivity index (χ0n) is 12.7. The van der Waals surface area contributed by atoms with E-state index in [1.54, 1.807) is 0 Å². The Bertz CT molecular complexity index is 447. The van der Waals surface area contributed by atoms with Gasteiger partial charge in [-0.25, -0.2) is 9.97 Å². The zero-order valence-corrected chi connectivity index (χ0v) is 12.7. The fourth-order valence-electron chi connectivity index (χ4n) is 1.75. The zero-order chi connectivity index (χ0) is 15.1. The number of aromatic nitrogens is 2. The molecule has 0 spiro atoms. The number of nitrogens with one attached hydrogen (secondary N) is 2. The first-order valence-corrected chi connectivity index (χ1v) is 7.10. The lowest BCUT2D eigenvalue weighted by atomic mass is 10.2. The monoisotopic (exact) mass is 279 g/mol. The summed E-state index contributed by atoms with van der Waals surface area (Å²) in [7, 11) is 0. The Hall–Kier alpha value is -1.85. The van der Waals surface area contributed by atoms with Crippen LogP contribution in [0.25, 0.3) is 0 Å². The van der Waals surface area contributed by atoms with E-state index in [2.05, 4.69) is 41.4 Å². The average Bonchev–Trinajstić information content (AvgIpc) is 2.34. The number of anilines is 2. The Kier molecular flexibility index (Phi) is 6.21. The maximum absolute atomic E-state index is 10.9. The molecule has 0 aromatic carbocycles. The van der Waals surface area contributed by atoms with Gasteiger partial charge in [-0.2, -0.15) is 0 Å². The Morgan fingerprint density at radius 1 is 1.30 bits per heavy atom. The molecule has 0 bridgehead atoms. The Labute approximate surface area is 120 Å². The van der Waals surface area contributed by atoms with Crippen LogP contribution in [0.2, 0.25) is 0 Å². The summed E-state index contributed by atoms with van der Waals surface area (Å²) >= 11 is 0. The molecule has 0 saturated heterocycles. The summed E-state index contributed by atoms with van der Waals surface area (Å²) in [6.45, 7) is 8.97. The van der Waals surface area contributed by atoms with Crippen LogP contribution in [0.15, 0.2) is 6.07 Å². The molecule has 0 fully saturated rings. The number of carbonyl (C=O) groups is 1. The van der Waals surface area contributed by atoms with Gasteiger partial charge >= 0.3 is 0 Å². The summed E-state index contributed by atoms with van der Waals surface area (Å²) in [6, 6.07) is 1.81. The summed E-state index contributed by atoms with van der Waals surface area (Å²) < 4.78 is 0. The van der Waals surface area contributed by atoms with Crippen molar-refractivity contribution in [3.63, 3.8) is 0 Å². The van der Waals surface area contributed by atoms with Crippen LogP contribution in [0, 0.1) is 0 Å². The van der Waals surface area contributed by atoms with Crippen LogP contribution < -0.4 is 16.4 Å². The van der Waals surface area contributed by atoms with Crippen LogP contribution in [-0.4, -0.2) is 28.5 Å². The van der Waals surface area contributed by atoms with E-state index in [9.17, 15) is 4.79 Å². The minimum atomic E-state index is -0.326. The Morgan fingerprint density at radius 2 is 1.95 bits per heavy atom. The van der Waals surface area contributed by atoms with Crippen molar-refractivity contribution in [1.82, 2.24) is 9.97 Å². The molecule has 1 aromatic rings. The molecule has 20 heavy (non-hydrogen) atoms. The highest BCUT2D eigenvalue weighted by molar-refractivity contribution is 5.74. The molecule has 0 saturated carbocycles. The second-order valence-corrected chi connectivity index (χ2v) is 5.29. The molecule has 112 valence electrons. The lowest BCUT2D eigenvalue weighted by Crippen LogP contribution is -2.24. The lowest BCUT2D eigenvalue weighted by molar-refractivity contribution is -0.118. The fraction of sp³-hybridized carbons (Fsp3) is 0.643. The molecule has 1 heterocycles. The van der Waals surface area contributed by atoms with Gasteiger partial charge in [-0.05, 0) is 13.3 Å². The minimum Gasteiger partial charge on any atom is -0.370 e. The first kappa shape index (κ1) is 16.2. The third kappa shape index (κ3) is 5.42. The summed E-state index contributed by atoms with van der Waals surface area (Å²) in [6.07, 6.45) is 1.31. The molecule has 1 atom stereocenters. The highest BCUT2D eigenvalue weighted by atomic mass is 16.1. The summed E-state index contributed by atoms with van der Waals surface area (Å²) in [5.41, 5.74) is 5.20. The lowest BCUT2D eigenvalue weighted by Gasteiger charge is -2.16. The van der Waals surface area contributed by atoms with E-state index in [-0.39, 0.29) is 24.3 Å². The van der Waals surface area contributed by atoms with Gasteiger partial charge in [-0.15, -0.1) is 0 Å². The van der Waals surface area contributed by atoms with Gasteiger partial charge in [-0.3, -0.25) is 4.79 Å². The molecular formula is C14H25N5O. The number of hydrogen-bond acceptors (Lipinski definition) is 5. The van der Waals surface area contributed by atoms with Crippen LogP contribution in [-0.2, 0) is 4.79 Å². The average molecular weight is 279 g/mol. The number of nitrogens with zero attached hydrogens (tertiary/aromatic N) is 2. The maximum Gasteiger partial charge on any atom is 0.219 e. The molecule has 0 aliphatic heterocycles. The van der Waals surface area contributed by atoms with E-state index in [0.717, 1.165) is 30.4 Å². The van der Waals surface area contributed by atoms with E-state index in [0.29, 0.717) is 0 Å². The normalized spacial score (nSPS) is 12.2. The third-order valence-corrected chi connectivity index (χ3v) is 2.72. The van der Waals surface area contributed by atoms with E-state index >= 15 is 0 Å². The van der Waals surface area contributed by atoms with Gasteiger partial charge in [-0.1, -0.05) is 20.8 Å². The summed E-state index contributed by atoms with van der Waals surface area (Å²) in [4.78, 5) is 19.9. The summed E-state index contributed by atoms with van der Waals surface area (Å²) in [5.74, 6) is 2.22. The first-order valence-electron chi connectivity index (χ1n) is 7.10. The van der Waals surface area contributed by atoms with Gasteiger partial charge in [0.15, 0.2) is 0 Å². The molecule has 0 aliphatic carbocycles. The maximum atomic E-state index is 10.9. The molecule has 1 unspecified atom stereocenters. The number of hydrogen-bond donors (Lipinski definition) is 3. The minimum absolute atomic E-state index is 0.0542. The van der Waals surface area contributed by atoms with Crippen molar-refractivity contribution in [3.05, 3.63) is 11.9 Å². The van der Waals surface area contributed by atoms with E-state index < -0.39 is 0 Å². The smallest absolute Gasteiger partial charge is 0.219 e. The largest absolute Gasteiger partial charge is 0.370 e. The Morgan fingerprint density at radius 3 is 2.50 bits per heavy atom. The fourth-order valence-corrected chi connectivity index (χ4v) is 1.75. The van der Waals surface area contributed by atoms with Gasteiger partial charge in [0.25, 0.3) is 0 Å². The topological polar surface area (TPSA) is 92.9 Å². The SMILES string of the molecule is CCCNc1cc(NC(C)CC(N)=O)nc(C(C)C)n1. The number of rotatable bonds is 8. The second-order valence-electron chi connectivity index (χ2n) is 5.29. The van der Waals surface area contributed by atoms with E-state index in [1.807, 2.05) is 13.0 Å². The van der Waals surface area contributed by atoms with Crippen LogP contribution in [0.4, 0.5) is 11.6 Å². The summed E-state index contributed by atoms with van der Waals surface area (Å²) in [5, 5.41) is 6.45. The van der Waals surface area contributed by atoms with Crippen molar-refractivity contribution >= 4 is 17.5 Å². The number of nitrogens with two attached hydrogens (primary N) is 1.